The third-order valence-electron chi connectivity index (χ3n) is 2.88. The SMILES string of the molecule is CNC1CCCCC1n1cncn1. The molecule has 0 radical (unpaired) electrons. The van der Waals surface area contributed by atoms with Gasteiger partial charge < -0.3 is 5.32 Å². The van der Waals surface area contributed by atoms with Crippen molar-refractivity contribution in [3.63, 3.8) is 0 Å². The lowest BCUT2D eigenvalue weighted by atomic mass is 9.90. The monoisotopic (exact) mass is 180 g/mol. The highest BCUT2D eigenvalue weighted by Gasteiger charge is 2.25. The summed E-state index contributed by atoms with van der Waals surface area (Å²) in [5, 5.41) is 7.56. The zero-order valence-electron chi connectivity index (χ0n) is 7.98. The minimum absolute atomic E-state index is 0.501. The molecule has 1 N–H and O–H groups in total. The molecule has 1 heterocycles. The summed E-state index contributed by atoms with van der Waals surface area (Å²) in [6.45, 7) is 0. The van der Waals surface area contributed by atoms with Gasteiger partial charge >= 0.3 is 0 Å². The van der Waals surface area contributed by atoms with Crippen LogP contribution in [0.5, 0.6) is 0 Å². The predicted octanol–water partition coefficient (Wildman–Crippen LogP) is 0.981. The fraction of sp³-hybridized carbons (Fsp3) is 0.778. The molecule has 13 heavy (non-hydrogen) atoms. The van der Waals surface area contributed by atoms with Crippen LogP contribution in [0.25, 0.3) is 0 Å². The van der Waals surface area contributed by atoms with Crippen molar-refractivity contribution in [2.24, 2.45) is 0 Å². The van der Waals surface area contributed by atoms with E-state index in [2.05, 4.69) is 15.4 Å². The molecule has 0 aliphatic heterocycles. The lowest BCUT2D eigenvalue weighted by molar-refractivity contribution is 0.257. The zero-order chi connectivity index (χ0) is 9.10. The molecule has 1 aliphatic rings. The van der Waals surface area contributed by atoms with E-state index in [0.29, 0.717) is 12.1 Å². The van der Waals surface area contributed by atoms with Crippen molar-refractivity contribution in [2.45, 2.75) is 37.8 Å². The van der Waals surface area contributed by atoms with Crippen molar-refractivity contribution in [1.29, 1.82) is 0 Å². The molecule has 72 valence electrons. The maximum Gasteiger partial charge on any atom is 0.137 e. The topological polar surface area (TPSA) is 42.7 Å². The van der Waals surface area contributed by atoms with E-state index in [0.717, 1.165) is 0 Å². The Morgan fingerprint density at radius 1 is 1.38 bits per heavy atom. The van der Waals surface area contributed by atoms with Gasteiger partial charge in [-0.05, 0) is 19.9 Å². The first-order valence-electron chi connectivity index (χ1n) is 4.93. The fourth-order valence-electron chi connectivity index (χ4n) is 2.15. The summed E-state index contributed by atoms with van der Waals surface area (Å²) in [5.74, 6) is 0. The Kier molecular flexibility index (Phi) is 2.59. The number of likely N-dealkylation sites (N-methyl/N-ethyl adjacent to an activating group) is 1. The molecule has 0 saturated heterocycles. The third kappa shape index (κ3) is 1.72. The lowest BCUT2D eigenvalue weighted by Gasteiger charge is -2.30. The van der Waals surface area contributed by atoms with Crippen LogP contribution in [0.15, 0.2) is 12.7 Å². The quantitative estimate of drug-likeness (QED) is 0.737. The summed E-state index contributed by atoms with van der Waals surface area (Å²) in [6, 6.07) is 1.07. The van der Waals surface area contributed by atoms with Crippen molar-refractivity contribution in [3.05, 3.63) is 12.7 Å². The van der Waals surface area contributed by atoms with E-state index in [1.165, 1.54) is 25.7 Å². The average molecular weight is 180 g/mol. The Hall–Kier alpha value is -0.900. The number of hydrogen-bond donors (Lipinski definition) is 1. The summed E-state index contributed by atoms with van der Waals surface area (Å²) in [7, 11) is 2.03. The fourth-order valence-corrected chi connectivity index (χ4v) is 2.15. The van der Waals surface area contributed by atoms with Gasteiger partial charge in [0.05, 0.1) is 6.04 Å². The van der Waals surface area contributed by atoms with Crippen LogP contribution in [0, 0.1) is 0 Å². The molecule has 1 fully saturated rings. The summed E-state index contributed by atoms with van der Waals surface area (Å²) in [6.07, 6.45) is 8.54. The summed E-state index contributed by atoms with van der Waals surface area (Å²) in [5.41, 5.74) is 0. The first kappa shape index (κ1) is 8.69. The first-order chi connectivity index (χ1) is 6.42. The van der Waals surface area contributed by atoms with Gasteiger partial charge in [0.1, 0.15) is 12.7 Å². The average Bonchev–Trinajstić information content (AvgIpc) is 2.70. The highest BCUT2D eigenvalue weighted by molar-refractivity contribution is 4.84. The Morgan fingerprint density at radius 2 is 2.23 bits per heavy atom. The van der Waals surface area contributed by atoms with E-state index in [1.54, 1.807) is 6.33 Å². The molecule has 1 aromatic heterocycles. The van der Waals surface area contributed by atoms with Crippen LogP contribution in [0.3, 0.4) is 0 Å². The molecule has 4 nitrogen and oxygen atoms in total. The van der Waals surface area contributed by atoms with E-state index in [9.17, 15) is 0 Å². The van der Waals surface area contributed by atoms with Crippen molar-refractivity contribution < 1.29 is 0 Å². The summed E-state index contributed by atoms with van der Waals surface area (Å²) < 4.78 is 1.99. The van der Waals surface area contributed by atoms with E-state index >= 15 is 0 Å². The summed E-state index contributed by atoms with van der Waals surface area (Å²) >= 11 is 0. The molecule has 0 bridgehead atoms. The second-order valence-electron chi connectivity index (χ2n) is 3.62. The summed E-state index contributed by atoms with van der Waals surface area (Å²) in [4.78, 5) is 3.99. The van der Waals surface area contributed by atoms with E-state index in [1.807, 2.05) is 18.1 Å². The van der Waals surface area contributed by atoms with Gasteiger partial charge in [-0.25, -0.2) is 9.67 Å². The molecule has 2 unspecified atom stereocenters. The molecule has 2 atom stereocenters. The lowest BCUT2D eigenvalue weighted by Crippen LogP contribution is -2.37. The Bertz CT molecular complexity index is 244. The number of rotatable bonds is 2. The highest BCUT2D eigenvalue weighted by Crippen LogP contribution is 2.27. The van der Waals surface area contributed by atoms with E-state index in [-0.39, 0.29) is 0 Å². The van der Waals surface area contributed by atoms with Crippen LogP contribution in [0.1, 0.15) is 31.7 Å². The largest absolute Gasteiger partial charge is 0.315 e. The molecule has 4 heteroatoms. The standard InChI is InChI=1S/C9H16N4/c1-10-8-4-2-3-5-9(8)13-7-11-6-12-13/h6-10H,2-5H2,1H3. The van der Waals surface area contributed by atoms with Crippen LogP contribution in [-0.2, 0) is 0 Å². The molecule has 2 rings (SSSR count). The number of nitrogens with zero attached hydrogens (tertiary/aromatic N) is 3. The molecule has 0 spiro atoms. The van der Waals surface area contributed by atoms with E-state index in [4.69, 9.17) is 0 Å². The maximum atomic E-state index is 4.20. The molecule has 1 aromatic rings. The van der Waals surface area contributed by atoms with Gasteiger partial charge in [0.15, 0.2) is 0 Å². The minimum Gasteiger partial charge on any atom is -0.315 e. The van der Waals surface area contributed by atoms with E-state index < -0.39 is 0 Å². The van der Waals surface area contributed by atoms with Crippen LogP contribution in [-0.4, -0.2) is 27.9 Å². The smallest absolute Gasteiger partial charge is 0.137 e. The van der Waals surface area contributed by atoms with Crippen LogP contribution >= 0.6 is 0 Å². The second kappa shape index (κ2) is 3.87. The molecular weight excluding hydrogens is 164 g/mol. The number of nitrogens with one attached hydrogen (secondary N) is 1. The van der Waals surface area contributed by atoms with Crippen molar-refractivity contribution in [1.82, 2.24) is 20.1 Å². The van der Waals surface area contributed by atoms with Gasteiger partial charge in [-0.15, -0.1) is 0 Å². The van der Waals surface area contributed by atoms with Gasteiger partial charge in [0.2, 0.25) is 0 Å². The predicted molar refractivity (Wildman–Crippen MR) is 50.4 cm³/mol. The molecule has 0 aromatic carbocycles. The Balaban J connectivity index is 2.11. The van der Waals surface area contributed by atoms with Gasteiger partial charge in [0.25, 0.3) is 0 Å². The Morgan fingerprint density at radius 3 is 2.92 bits per heavy atom. The van der Waals surface area contributed by atoms with Crippen LogP contribution in [0.4, 0.5) is 0 Å². The maximum absolute atomic E-state index is 4.20. The van der Waals surface area contributed by atoms with Crippen LogP contribution < -0.4 is 5.32 Å². The van der Waals surface area contributed by atoms with Gasteiger partial charge in [-0.1, -0.05) is 12.8 Å². The Labute approximate surface area is 78.4 Å². The highest BCUT2D eigenvalue weighted by atomic mass is 15.3. The van der Waals surface area contributed by atoms with Crippen molar-refractivity contribution >= 4 is 0 Å². The third-order valence-corrected chi connectivity index (χ3v) is 2.88. The number of aromatic nitrogens is 3. The van der Waals surface area contributed by atoms with Gasteiger partial charge in [-0.3, -0.25) is 0 Å². The molecule has 1 saturated carbocycles. The molecule has 0 amide bonds. The second-order valence-corrected chi connectivity index (χ2v) is 3.62. The van der Waals surface area contributed by atoms with Crippen LogP contribution in [0.2, 0.25) is 0 Å². The normalized spacial score (nSPS) is 29.0. The van der Waals surface area contributed by atoms with Crippen molar-refractivity contribution in [2.75, 3.05) is 7.05 Å². The first-order valence-corrected chi connectivity index (χ1v) is 4.93. The molecule has 1 aliphatic carbocycles. The molecular formula is C9H16N4. The zero-order valence-corrected chi connectivity index (χ0v) is 7.98. The van der Waals surface area contributed by atoms with Gasteiger partial charge in [-0.2, -0.15) is 5.10 Å². The number of hydrogen-bond acceptors (Lipinski definition) is 3. The minimum atomic E-state index is 0.501. The van der Waals surface area contributed by atoms with Crippen molar-refractivity contribution in [3.8, 4) is 0 Å². The van der Waals surface area contributed by atoms with Gasteiger partial charge in [0, 0.05) is 6.04 Å².